The van der Waals surface area contributed by atoms with E-state index >= 15 is 0 Å². The van der Waals surface area contributed by atoms with Crippen LogP contribution in [0, 0.1) is 0 Å². The van der Waals surface area contributed by atoms with E-state index in [4.69, 9.17) is 4.74 Å². The summed E-state index contributed by atoms with van der Waals surface area (Å²) in [5.41, 5.74) is 1.18. The van der Waals surface area contributed by atoms with Crippen molar-refractivity contribution in [2.75, 3.05) is 25.0 Å². The SMILES string of the molecule is CN=C(NCc1ccc(N2CCCCCC2)nc1)NC1CC2CCC1O2.I. The largest absolute Gasteiger partial charge is 0.373 e. The van der Waals surface area contributed by atoms with Crippen LogP contribution in [0.5, 0.6) is 0 Å². The van der Waals surface area contributed by atoms with E-state index in [0.717, 1.165) is 37.8 Å². The number of nitrogens with one attached hydrogen (secondary N) is 2. The van der Waals surface area contributed by atoms with Crippen LogP contribution in [0.3, 0.4) is 0 Å². The van der Waals surface area contributed by atoms with Crippen molar-refractivity contribution in [3.05, 3.63) is 23.9 Å². The van der Waals surface area contributed by atoms with Gasteiger partial charge in [0.15, 0.2) is 5.96 Å². The summed E-state index contributed by atoms with van der Waals surface area (Å²) in [5, 5.41) is 6.93. The Morgan fingerprint density at radius 3 is 2.63 bits per heavy atom. The number of guanidine groups is 1. The second kappa shape index (κ2) is 9.91. The predicted molar refractivity (Wildman–Crippen MR) is 120 cm³/mol. The predicted octanol–water partition coefficient (Wildman–Crippen LogP) is 3.06. The molecule has 3 unspecified atom stereocenters. The molecule has 0 saturated carbocycles. The van der Waals surface area contributed by atoms with Crippen LogP contribution in [0.1, 0.15) is 50.5 Å². The van der Waals surface area contributed by atoms with Crippen molar-refractivity contribution in [1.29, 1.82) is 0 Å². The maximum absolute atomic E-state index is 5.91. The molecule has 0 aliphatic carbocycles. The number of aliphatic imine (C=N–C) groups is 1. The molecule has 0 radical (unpaired) electrons. The zero-order chi connectivity index (χ0) is 17.8. The number of ether oxygens (including phenoxy) is 1. The molecule has 27 heavy (non-hydrogen) atoms. The van der Waals surface area contributed by atoms with Crippen LogP contribution in [0.25, 0.3) is 0 Å². The standard InChI is InChI=1S/C20H31N5O.HI/c1-21-20(24-17-12-16-7-8-18(17)26-16)23-14-15-6-9-19(22-13-15)25-10-4-2-3-5-11-25;/h6,9,13,16-18H,2-5,7-8,10-12,14H2,1H3,(H2,21,23,24);1H. The number of pyridine rings is 1. The number of hydrogen-bond donors (Lipinski definition) is 2. The Kier molecular flexibility index (Phi) is 7.57. The topological polar surface area (TPSA) is 61.8 Å². The molecule has 3 fully saturated rings. The molecule has 7 heteroatoms. The second-order valence-corrected chi connectivity index (χ2v) is 7.71. The van der Waals surface area contributed by atoms with Gasteiger partial charge in [0.2, 0.25) is 0 Å². The van der Waals surface area contributed by atoms with Crippen molar-refractivity contribution < 1.29 is 4.74 Å². The lowest BCUT2D eigenvalue weighted by atomic mass is 9.96. The number of halogens is 1. The van der Waals surface area contributed by atoms with Crippen LogP contribution in [-0.2, 0) is 11.3 Å². The smallest absolute Gasteiger partial charge is 0.191 e. The lowest BCUT2D eigenvalue weighted by Crippen LogP contribution is -2.47. The molecule has 0 aromatic carbocycles. The van der Waals surface area contributed by atoms with Crippen molar-refractivity contribution in [2.24, 2.45) is 4.99 Å². The average Bonchev–Trinajstić information content (AvgIpc) is 3.19. The van der Waals surface area contributed by atoms with E-state index in [1.165, 1.54) is 44.1 Å². The van der Waals surface area contributed by atoms with Gasteiger partial charge in [-0.05, 0) is 43.7 Å². The molecule has 6 nitrogen and oxygen atoms in total. The molecule has 1 aromatic heterocycles. The molecule has 0 spiro atoms. The highest BCUT2D eigenvalue weighted by atomic mass is 127. The third kappa shape index (κ3) is 5.25. The summed E-state index contributed by atoms with van der Waals surface area (Å²) in [6, 6.07) is 4.72. The molecule has 3 saturated heterocycles. The first-order valence-corrected chi connectivity index (χ1v) is 10.1. The van der Waals surface area contributed by atoms with E-state index in [1.54, 1.807) is 0 Å². The Hall–Kier alpha value is -1.09. The van der Waals surface area contributed by atoms with Gasteiger partial charge in [-0.2, -0.15) is 0 Å². The first kappa shape index (κ1) is 20.6. The molecule has 150 valence electrons. The fourth-order valence-electron chi connectivity index (χ4n) is 4.35. The lowest BCUT2D eigenvalue weighted by molar-refractivity contribution is 0.0992. The number of rotatable bonds is 4. The summed E-state index contributed by atoms with van der Waals surface area (Å²) in [4.78, 5) is 11.5. The summed E-state index contributed by atoms with van der Waals surface area (Å²) >= 11 is 0. The second-order valence-electron chi connectivity index (χ2n) is 7.71. The minimum atomic E-state index is 0. The number of fused-ring (bicyclic) bond motifs is 2. The van der Waals surface area contributed by atoms with Crippen LogP contribution in [0.2, 0.25) is 0 Å². The van der Waals surface area contributed by atoms with E-state index < -0.39 is 0 Å². The van der Waals surface area contributed by atoms with Gasteiger partial charge < -0.3 is 20.3 Å². The van der Waals surface area contributed by atoms with Gasteiger partial charge in [0, 0.05) is 32.9 Å². The monoisotopic (exact) mass is 485 g/mol. The van der Waals surface area contributed by atoms with Crippen LogP contribution in [-0.4, -0.2) is 49.3 Å². The highest BCUT2D eigenvalue weighted by Gasteiger charge is 2.41. The summed E-state index contributed by atoms with van der Waals surface area (Å²) in [6.45, 7) is 2.99. The van der Waals surface area contributed by atoms with Crippen LogP contribution < -0.4 is 15.5 Å². The average molecular weight is 485 g/mol. The molecule has 2 bridgehead atoms. The van der Waals surface area contributed by atoms with Gasteiger partial charge in [0.25, 0.3) is 0 Å². The Morgan fingerprint density at radius 1 is 1.22 bits per heavy atom. The van der Waals surface area contributed by atoms with E-state index in [-0.39, 0.29) is 24.0 Å². The molecular formula is C20H32IN5O. The highest BCUT2D eigenvalue weighted by Crippen LogP contribution is 2.34. The zero-order valence-corrected chi connectivity index (χ0v) is 18.5. The molecule has 1 aromatic rings. The first-order chi connectivity index (χ1) is 12.8. The minimum Gasteiger partial charge on any atom is -0.373 e. The van der Waals surface area contributed by atoms with Crippen molar-refractivity contribution in [2.45, 2.75) is 69.7 Å². The van der Waals surface area contributed by atoms with Crippen molar-refractivity contribution in [3.63, 3.8) is 0 Å². The molecule has 3 atom stereocenters. The van der Waals surface area contributed by atoms with Gasteiger partial charge >= 0.3 is 0 Å². The molecule has 2 N–H and O–H groups in total. The Morgan fingerprint density at radius 2 is 2.04 bits per heavy atom. The molecule has 3 aliphatic rings. The van der Waals surface area contributed by atoms with Crippen molar-refractivity contribution in [3.8, 4) is 0 Å². The minimum absolute atomic E-state index is 0. The summed E-state index contributed by atoms with van der Waals surface area (Å²) < 4.78 is 5.91. The molecule has 3 aliphatic heterocycles. The Labute approximate surface area is 179 Å². The van der Waals surface area contributed by atoms with Crippen LogP contribution >= 0.6 is 24.0 Å². The van der Waals surface area contributed by atoms with Crippen molar-refractivity contribution in [1.82, 2.24) is 15.6 Å². The van der Waals surface area contributed by atoms with Crippen LogP contribution in [0.15, 0.2) is 23.3 Å². The fraction of sp³-hybridized carbons (Fsp3) is 0.700. The zero-order valence-electron chi connectivity index (χ0n) is 16.2. The number of anilines is 1. The lowest BCUT2D eigenvalue weighted by Gasteiger charge is -2.23. The van der Waals surface area contributed by atoms with Crippen molar-refractivity contribution >= 4 is 35.8 Å². The van der Waals surface area contributed by atoms with Gasteiger partial charge in [-0.1, -0.05) is 18.9 Å². The molecule has 0 amide bonds. The summed E-state index contributed by atoms with van der Waals surface area (Å²) in [6.07, 6.45) is 11.5. The fourth-order valence-corrected chi connectivity index (χ4v) is 4.35. The number of hydrogen-bond acceptors (Lipinski definition) is 4. The van der Waals surface area contributed by atoms with E-state index in [9.17, 15) is 0 Å². The highest BCUT2D eigenvalue weighted by molar-refractivity contribution is 14.0. The molecule has 4 heterocycles. The quantitative estimate of drug-likeness (QED) is 0.390. The Bertz CT molecular complexity index is 615. The van der Waals surface area contributed by atoms with E-state index in [0.29, 0.717) is 18.2 Å². The number of nitrogens with zero attached hydrogens (tertiary/aromatic N) is 3. The van der Waals surface area contributed by atoms with E-state index in [2.05, 4.69) is 37.6 Å². The van der Waals surface area contributed by atoms with Gasteiger partial charge in [0.05, 0.1) is 18.2 Å². The summed E-state index contributed by atoms with van der Waals surface area (Å²) in [5.74, 6) is 1.96. The maximum atomic E-state index is 5.91. The summed E-state index contributed by atoms with van der Waals surface area (Å²) in [7, 11) is 1.82. The van der Waals surface area contributed by atoms with Gasteiger partial charge in [0.1, 0.15) is 5.82 Å². The maximum Gasteiger partial charge on any atom is 0.191 e. The van der Waals surface area contributed by atoms with Gasteiger partial charge in [-0.3, -0.25) is 4.99 Å². The molecular weight excluding hydrogens is 453 g/mol. The third-order valence-electron chi connectivity index (χ3n) is 5.85. The van der Waals surface area contributed by atoms with Gasteiger partial charge in [-0.25, -0.2) is 4.98 Å². The number of aromatic nitrogens is 1. The van der Waals surface area contributed by atoms with Gasteiger partial charge in [-0.15, -0.1) is 24.0 Å². The third-order valence-corrected chi connectivity index (χ3v) is 5.85. The first-order valence-electron chi connectivity index (χ1n) is 10.1. The Balaban J connectivity index is 0.00000210. The van der Waals surface area contributed by atoms with Crippen LogP contribution in [0.4, 0.5) is 5.82 Å². The van der Waals surface area contributed by atoms with E-state index in [1.807, 2.05) is 13.2 Å². The molecule has 4 rings (SSSR count). The normalized spacial score (nSPS) is 27.8.